The summed E-state index contributed by atoms with van der Waals surface area (Å²) in [4.78, 5) is 4.32. The summed E-state index contributed by atoms with van der Waals surface area (Å²) in [6.45, 7) is 0.568. The Hall–Kier alpha value is -2.36. The number of hydrogen-bond donors (Lipinski definition) is 2. The lowest BCUT2D eigenvalue weighted by Crippen LogP contribution is -2.30. The molecule has 2 N–H and O–H groups in total. The highest BCUT2D eigenvalue weighted by molar-refractivity contribution is 14.0. The second-order valence-corrected chi connectivity index (χ2v) is 7.12. The van der Waals surface area contributed by atoms with Gasteiger partial charge in [-0.1, -0.05) is 0 Å². The predicted octanol–water partition coefficient (Wildman–Crippen LogP) is 4.84. The van der Waals surface area contributed by atoms with Crippen molar-refractivity contribution in [2.75, 3.05) is 33.7 Å². The summed E-state index contributed by atoms with van der Waals surface area (Å²) < 4.78 is 22.3. The van der Waals surface area contributed by atoms with Crippen molar-refractivity contribution in [3.05, 3.63) is 42.0 Å². The zero-order chi connectivity index (χ0) is 21.3. The Morgan fingerprint density at radius 3 is 2.32 bits per heavy atom. The molecule has 0 atom stereocenters. The topological polar surface area (TPSA) is 73.3 Å². The highest BCUT2D eigenvalue weighted by Crippen LogP contribution is 2.31. The van der Waals surface area contributed by atoms with Crippen molar-refractivity contribution in [1.82, 2.24) is 5.32 Å². The third-order valence-corrected chi connectivity index (χ3v) is 5.19. The van der Waals surface area contributed by atoms with Crippen LogP contribution in [0.5, 0.6) is 23.0 Å². The van der Waals surface area contributed by atoms with Gasteiger partial charge in [-0.25, -0.2) is 0 Å². The molecule has 170 valence electrons. The van der Waals surface area contributed by atoms with Crippen LogP contribution in [0, 0.1) is 0 Å². The third-order valence-electron chi connectivity index (χ3n) is 5.19. The first-order valence-electron chi connectivity index (χ1n) is 10.2. The molecule has 0 unspecified atom stereocenters. The number of anilines is 1. The molecule has 2 aromatic rings. The van der Waals surface area contributed by atoms with Gasteiger partial charge in [0, 0.05) is 37.0 Å². The van der Waals surface area contributed by atoms with Crippen LogP contribution in [0.2, 0.25) is 0 Å². The molecule has 3 rings (SSSR count). The first-order chi connectivity index (χ1) is 14.7. The molecule has 1 aliphatic rings. The number of rotatable bonds is 8. The fourth-order valence-electron chi connectivity index (χ4n) is 3.51. The molecule has 0 heterocycles. The van der Waals surface area contributed by atoms with Gasteiger partial charge in [0.15, 0.2) is 17.5 Å². The number of nitrogens with zero attached hydrogens (tertiary/aromatic N) is 1. The maximum atomic E-state index is 6.28. The van der Waals surface area contributed by atoms with Gasteiger partial charge in [0.25, 0.3) is 0 Å². The van der Waals surface area contributed by atoms with Gasteiger partial charge in [-0.05, 0) is 49.9 Å². The van der Waals surface area contributed by atoms with E-state index in [2.05, 4.69) is 15.6 Å². The first kappa shape index (κ1) is 24.9. The molecular weight excluding hydrogens is 509 g/mol. The van der Waals surface area contributed by atoms with Crippen LogP contribution in [0.4, 0.5) is 5.69 Å². The zero-order valence-electron chi connectivity index (χ0n) is 18.6. The molecule has 0 aromatic heterocycles. The minimum atomic E-state index is 0. The standard InChI is InChI=1S/C23H31N3O4.HI/c1-24-23(26-17-10-12-20(28-3)22(13-17)29-4)25-15-16-9-11-19(27-2)14-21(16)30-18-7-5-6-8-18;/h9-14,18H,5-8,15H2,1-4H3,(H2,24,25,26);1H. The van der Waals surface area contributed by atoms with Gasteiger partial charge >= 0.3 is 0 Å². The Kier molecular flexibility index (Phi) is 10.0. The van der Waals surface area contributed by atoms with E-state index in [0.717, 1.165) is 35.6 Å². The fraction of sp³-hybridized carbons (Fsp3) is 0.435. The Labute approximate surface area is 201 Å². The van der Waals surface area contributed by atoms with Gasteiger partial charge in [0.1, 0.15) is 11.5 Å². The van der Waals surface area contributed by atoms with E-state index >= 15 is 0 Å². The van der Waals surface area contributed by atoms with Gasteiger partial charge in [-0.15, -0.1) is 24.0 Å². The molecule has 1 saturated carbocycles. The quantitative estimate of drug-likeness (QED) is 0.283. The second-order valence-electron chi connectivity index (χ2n) is 7.12. The summed E-state index contributed by atoms with van der Waals surface area (Å²) in [5, 5.41) is 6.63. The van der Waals surface area contributed by atoms with E-state index < -0.39 is 0 Å². The molecule has 0 saturated heterocycles. The number of guanidine groups is 1. The van der Waals surface area contributed by atoms with E-state index in [4.69, 9.17) is 18.9 Å². The summed E-state index contributed by atoms with van der Waals surface area (Å²) in [5.74, 6) is 3.62. The van der Waals surface area contributed by atoms with E-state index in [9.17, 15) is 0 Å². The normalized spacial score (nSPS) is 13.9. The van der Waals surface area contributed by atoms with Gasteiger partial charge in [-0.2, -0.15) is 0 Å². The van der Waals surface area contributed by atoms with E-state index in [1.165, 1.54) is 12.8 Å². The lowest BCUT2D eigenvalue weighted by Gasteiger charge is -2.19. The van der Waals surface area contributed by atoms with Crippen molar-refractivity contribution in [3.8, 4) is 23.0 Å². The number of halogens is 1. The number of ether oxygens (including phenoxy) is 4. The van der Waals surface area contributed by atoms with Gasteiger partial charge in [0.05, 0.1) is 27.4 Å². The van der Waals surface area contributed by atoms with Crippen LogP contribution in [-0.4, -0.2) is 40.4 Å². The Morgan fingerprint density at radius 1 is 0.935 bits per heavy atom. The summed E-state index contributed by atoms with van der Waals surface area (Å²) in [7, 11) is 6.64. The maximum absolute atomic E-state index is 6.28. The summed E-state index contributed by atoms with van der Waals surface area (Å²) >= 11 is 0. The van der Waals surface area contributed by atoms with E-state index in [1.807, 2.05) is 36.4 Å². The lowest BCUT2D eigenvalue weighted by atomic mass is 10.2. The van der Waals surface area contributed by atoms with Gasteiger partial charge in [0.2, 0.25) is 0 Å². The van der Waals surface area contributed by atoms with Crippen LogP contribution in [-0.2, 0) is 6.54 Å². The van der Waals surface area contributed by atoms with Crippen molar-refractivity contribution in [2.24, 2.45) is 4.99 Å². The molecule has 7 nitrogen and oxygen atoms in total. The van der Waals surface area contributed by atoms with Crippen LogP contribution < -0.4 is 29.6 Å². The smallest absolute Gasteiger partial charge is 0.195 e. The second kappa shape index (κ2) is 12.5. The maximum Gasteiger partial charge on any atom is 0.195 e. The SMILES string of the molecule is CN=C(NCc1ccc(OC)cc1OC1CCCC1)Nc1ccc(OC)c(OC)c1.I. The minimum absolute atomic E-state index is 0. The molecule has 2 aromatic carbocycles. The molecular formula is C23H32IN3O4. The number of benzene rings is 2. The zero-order valence-corrected chi connectivity index (χ0v) is 20.9. The molecule has 31 heavy (non-hydrogen) atoms. The fourth-order valence-corrected chi connectivity index (χ4v) is 3.51. The Morgan fingerprint density at radius 2 is 1.68 bits per heavy atom. The van der Waals surface area contributed by atoms with Crippen molar-refractivity contribution >= 4 is 35.6 Å². The van der Waals surface area contributed by atoms with E-state index in [-0.39, 0.29) is 30.1 Å². The average molecular weight is 541 g/mol. The summed E-state index contributed by atoms with van der Waals surface area (Å²) in [5.41, 5.74) is 1.90. The molecule has 0 aliphatic heterocycles. The molecule has 1 aliphatic carbocycles. The lowest BCUT2D eigenvalue weighted by molar-refractivity contribution is 0.207. The molecule has 0 bridgehead atoms. The monoisotopic (exact) mass is 541 g/mol. The van der Waals surface area contributed by atoms with Gasteiger partial charge < -0.3 is 29.6 Å². The molecule has 1 fully saturated rings. The van der Waals surface area contributed by atoms with Crippen LogP contribution in [0.3, 0.4) is 0 Å². The highest BCUT2D eigenvalue weighted by Gasteiger charge is 2.18. The van der Waals surface area contributed by atoms with Crippen LogP contribution >= 0.6 is 24.0 Å². The molecule has 8 heteroatoms. The first-order valence-corrected chi connectivity index (χ1v) is 10.2. The number of nitrogens with one attached hydrogen (secondary N) is 2. The van der Waals surface area contributed by atoms with Crippen LogP contribution in [0.15, 0.2) is 41.4 Å². The average Bonchev–Trinajstić information content (AvgIpc) is 3.30. The molecule has 0 radical (unpaired) electrons. The van der Waals surface area contributed by atoms with Crippen LogP contribution in [0.25, 0.3) is 0 Å². The Balaban J connectivity index is 0.00000341. The summed E-state index contributed by atoms with van der Waals surface area (Å²) in [6, 6.07) is 11.6. The number of methoxy groups -OCH3 is 3. The van der Waals surface area contributed by atoms with Crippen LogP contribution in [0.1, 0.15) is 31.2 Å². The minimum Gasteiger partial charge on any atom is -0.497 e. The third kappa shape index (κ3) is 6.81. The van der Waals surface area contributed by atoms with E-state index in [1.54, 1.807) is 28.4 Å². The van der Waals surface area contributed by atoms with Gasteiger partial charge in [-0.3, -0.25) is 4.99 Å². The largest absolute Gasteiger partial charge is 0.497 e. The van der Waals surface area contributed by atoms with Crippen molar-refractivity contribution < 1.29 is 18.9 Å². The number of hydrogen-bond acceptors (Lipinski definition) is 5. The van der Waals surface area contributed by atoms with Crippen molar-refractivity contribution in [2.45, 2.75) is 38.3 Å². The molecule has 0 spiro atoms. The molecule has 0 amide bonds. The summed E-state index contributed by atoms with van der Waals surface area (Å²) in [6.07, 6.45) is 4.94. The van der Waals surface area contributed by atoms with Crippen molar-refractivity contribution in [3.63, 3.8) is 0 Å². The predicted molar refractivity (Wildman–Crippen MR) is 135 cm³/mol. The Bertz CT molecular complexity index is 870. The van der Waals surface area contributed by atoms with E-state index in [0.29, 0.717) is 24.0 Å². The van der Waals surface area contributed by atoms with Crippen molar-refractivity contribution in [1.29, 1.82) is 0 Å². The highest BCUT2D eigenvalue weighted by atomic mass is 127. The number of aliphatic imine (C=N–C) groups is 1.